The van der Waals surface area contributed by atoms with Crippen LogP contribution in [0.5, 0.6) is 0 Å². The Morgan fingerprint density at radius 3 is 2.83 bits per heavy atom. The second-order valence-corrected chi connectivity index (χ2v) is 6.74. The van der Waals surface area contributed by atoms with Gasteiger partial charge in [-0.15, -0.1) is 12.4 Å². The van der Waals surface area contributed by atoms with Gasteiger partial charge in [0.05, 0.1) is 22.8 Å². The zero-order valence-electron chi connectivity index (χ0n) is 13.3. The van der Waals surface area contributed by atoms with Crippen LogP contribution in [-0.2, 0) is 4.74 Å². The quantitative estimate of drug-likeness (QED) is 0.829. The summed E-state index contributed by atoms with van der Waals surface area (Å²) in [4.78, 5) is 13.8. The SMILES string of the molecule is Cl.O=C1NCCCN1C[C@H]1OCCNC[C@H]1c1ccc(Cl)c(Cl)c1. The number of carbonyl (C=O) groups is 1. The van der Waals surface area contributed by atoms with Crippen molar-refractivity contribution in [2.75, 3.05) is 39.3 Å². The van der Waals surface area contributed by atoms with Crippen molar-refractivity contribution in [1.82, 2.24) is 15.5 Å². The van der Waals surface area contributed by atoms with Crippen molar-refractivity contribution in [2.24, 2.45) is 0 Å². The molecule has 2 N–H and O–H groups in total. The number of urea groups is 1. The lowest BCUT2D eigenvalue weighted by atomic mass is 9.92. The van der Waals surface area contributed by atoms with Crippen LogP contribution in [-0.4, -0.2) is 56.4 Å². The maximum atomic E-state index is 12.0. The Hall–Kier alpha value is -0.720. The number of carbonyl (C=O) groups excluding carboxylic acids is 1. The fraction of sp³-hybridized carbons (Fsp3) is 0.562. The van der Waals surface area contributed by atoms with Crippen molar-refractivity contribution in [1.29, 1.82) is 0 Å². The van der Waals surface area contributed by atoms with Gasteiger partial charge in [-0.2, -0.15) is 0 Å². The normalized spacial score (nSPS) is 24.8. The highest BCUT2D eigenvalue weighted by Gasteiger charge is 2.30. The van der Waals surface area contributed by atoms with Gasteiger partial charge in [-0.3, -0.25) is 0 Å². The monoisotopic (exact) mass is 393 g/mol. The van der Waals surface area contributed by atoms with E-state index in [1.165, 1.54) is 0 Å². The molecule has 2 heterocycles. The van der Waals surface area contributed by atoms with E-state index >= 15 is 0 Å². The van der Waals surface area contributed by atoms with E-state index in [-0.39, 0.29) is 30.5 Å². The van der Waals surface area contributed by atoms with Gasteiger partial charge in [0, 0.05) is 38.6 Å². The number of hydrogen-bond acceptors (Lipinski definition) is 3. The van der Waals surface area contributed by atoms with Gasteiger partial charge in [0.15, 0.2) is 0 Å². The third-order valence-electron chi connectivity index (χ3n) is 4.36. The van der Waals surface area contributed by atoms with Gasteiger partial charge in [0.1, 0.15) is 0 Å². The number of nitrogens with zero attached hydrogens (tertiary/aromatic N) is 1. The molecule has 2 aliphatic heterocycles. The number of benzene rings is 1. The molecule has 3 rings (SSSR count). The molecular weight excluding hydrogens is 373 g/mol. The van der Waals surface area contributed by atoms with Gasteiger partial charge in [-0.1, -0.05) is 29.3 Å². The number of ether oxygens (including phenoxy) is 1. The van der Waals surface area contributed by atoms with Crippen LogP contribution in [0.3, 0.4) is 0 Å². The summed E-state index contributed by atoms with van der Waals surface area (Å²) in [6.45, 7) is 4.33. The standard InChI is InChI=1S/C16H21Cl2N3O2.ClH/c17-13-3-2-11(8-14(13)18)12-9-19-5-7-23-15(12)10-21-6-1-4-20-16(21)22;/h2-3,8,12,15,19H,1,4-7,9-10H2,(H,20,22);1H/t12-,15+;/m0./s1. The Labute approximate surface area is 158 Å². The van der Waals surface area contributed by atoms with E-state index in [2.05, 4.69) is 10.6 Å². The third kappa shape index (κ3) is 4.67. The van der Waals surface area contributed by atoms with E-state index in [1.807, 2.05) is 23.1 Å². The summed E-state index contributed by atoms with van der Waals surface area (Å²) in [5.74, 6) is 0.127. The summed E-state index contributed by atoms with van der Waals surface area (Å²) in [5, 5.41) is 7.36. The zero-order valence-corrected chi connectivity index (χ0v) is 15.6. The molecule has 0 radical (unpaired) electrons. The van der Waals surface area contributed by atoms with Gasteiger partial charge < -0.3 is 20.3 Å². The second kappa shape index (κ2) is 9.11. The molecule has 2 amide bonds. The molecule has 1 aromatic carbocycles. The molecular formula is C16H22Cl3N3O2. The third-order valence-corrected chi connectivity index (χ3v) is 5.10. The molecule has 1 aromatic rings. The molecule has 0 saturated carbocycles. The van der Waals surface area contributed by atoms with E-state index in [9.17, 15) is 4.79 Å². The van der Waals surface area contributed by atoms with Gasteiger partial charge in [-0.05, 0) is 24.1 Å². The van der Waals surface area contributed by atoms with E-state index < -0.39 is 0 Å². The molecule has 0 bridgehead atoms. The lowest BCUT2D eigenvalue weighted by Gasteiger charge is -2.33. The smallest absolute Gasteiger partial charge is 0.317 e. The number of halogens is 3. The predicted molar refractivity (Wildman–Crippen MR) is 98.6 cm³/mol. The lowest BCUT2D eigenvalue weighted by Crippen LogP contribution is -2.50. The molecule has 8 heteroatoms. The number of amides is 2. The minimum absolute atomic E-state index is 0. The first-order valence-corrected chi connectivity index (χ1v) is 8.71. The summed E-state index contributed by atoms with van der Waals surface area (Å²) in [5.41, 5.74) is 1.08. The minimum atomic E-state index is -0.0638. The highest BCUT2D eigenvalue weighted by atomic mass is 35.5. The molecule has 0 aromatic heterocycles. The van der Waals surface area contributed by atoms with E-state index in [0.29, 0.717) is 23.2 Å². The van der Waals surface area contributed by atoms with Gasteiger partial charge in [0.2, 0.25) is 0 Å². The Morgan fingerprint density at radius 1 is 1.25 bits per heavy atom. The number of rotatable bonds is 3. The molecule has 2 fully saturated rings. The number of hydrogen-bond donors (Lipinski definition) is 2. The molecule has 2 aliphatic rings. The van der Waals surface area contributed by atoms with Crippen LogP contribution in [0.15, 0.2) is 18.2 Å². The van der Waals surface area contributed by atoms with Crippen molar-refractivity contribution in [3.63, 3.8) is 0 Å². The van der Waals surface area contributed by atoms with Gasteiger partial charge in [0.25, 0.3) is 0 Å². The van der Waals surface area contributed by atoms with E-state index in [1.54, 1.807) is 0 Å². The summed E-state index contributed by atoms with van der Waals surface area (Å²) in [7, 11) is 0. The Kier molecular flexibility index (Phi) is 7.44. The van der Waals surface area contributed by atoms with Crippen LogP contribution in [0, 0.1) is 0 Å². The van der Waals surface area contributed by atoms with Crippen LogP contribution < -0.4 is 10.6 Å². The lowest BCUT2D eigenvalue weighted by molar-refractivity contribution is 0.0295. The molecule has 0 spiro atoms. The zero-order chi connectivity index (χ0) is 16.2. The topological polar surface area (TPSA) is 53.6 Å². The average molecular weight is 395 g/mol. The first-order valence-electron chi connectivity index (χ1n) is 7.95. The highest BCUT2D eigenvalue weighted by Crippen LogP contribution is 2.30. The van der Waals surface area contributed by atoms with Gasteiger partial charge >= 0.3 is 6.03 Å². The van der Waals surface area contributed by atoms with Crippen LogP contribution in [0.4, 0.5) is 4.79 Å². The predicted octanol–water partition coefficient (Wildman–Crippen LogP) is 2.90. The summed E-state index contributed by atoms with van der Waals surface area (Å²) in [6, 6.07) is 5.69. The molecule has 0 aliphatic carbocycles. The van der Waals surface area contributed by atoms with E-state index in [4.69, 9.17) is 27.9 Å². The second-order valence-electron chi connectivity index (χ2n) is 5.92. The Balaban J connectivity index is 0.00000208. The first kappa shape index (κ1) is 19.6. The molecule has 0 unspecified atom stereocenters. The van der Waals surface area contributed by atoms with Crippen molar-refractivity contribution < 1.29 is 9.53 Å². The van der Waals surface area contributed by atoms with Crippen molar-refractivity contribution in [2.45, 2.75) is 18.4 Å². The molecule has 24 heavy (non-hydrogen) atoms. The van der Waals surface area contributed by atoms with Crippen molar-refractivity contribution in [3.05, 3.63) is 33.8 Å². The molecule has 2 saturated heterocycles. The Bertz CT molecular complexity index is 573. The molecule has 5 nitrogen and oxygen atoms in total. The van der Waals surface area contributed by atoms with Crippen LogP contribution in [0.2, 0.25) is 10.0 Å². The summed E-state index contributed by atoms with van der Waals surface area (Å²) >= 11 is 12.2. The maximum absolute atomic E-state index is 12.0. The Morgan fingerprint density at radius 2 is 2.08 bits per heavy atom. The summed E-state index contributed by atoms with van der Waals surface area (Å²) < 4.78 is 6.03. The maximum Gasteiger partial charge on any atom is 0.317 e. The summed E-state index contributed by atoms with van der Waals surface area (Å²) in [6.07, 6.45) is 0.903. The fourth-order valence-corrected chi connectivity index (χ4v) is 3.42. The highest BCUT2D eigenvalue weighted by molar-refractivity contribution is 6.42. The first-order chi connectivity index (χ1) is 11.1. The largest absolute Gasteiger partial charge is 0.374 e. The van der Waals surface area contributed by atoms with E-state index in [0.717, 1.165) is 38.2 Å². The fourth-order valence-electron chi connectivity index (χ4n) is 3.11. The van der Waals surface area contributed by atoms with Gasteiger partial charge in [-0.25, -0.2) is 4.79 Å². The van der Waals surface area contributed by atoms with Crippen LogP contribution in [0.25, 0.3) is 0 Å². The van der Waals surface area contributed by atoms with Crippen LogP contribution in [0.1, 0.15) is 17.9 Å². The van der Waals surface area contributed by atoms with Crippen LogP contribution >= 0.6 is 35.6 Å². The molecule has 2 atom stereocenters. The average Bonchev–Trinajstić information content (AvgIpc) is 2.78. The van der Waals surface area contributed by atoms with Crippen molar-refractivity contribution >= 4 is 41.6 Å². The van der Waals surface area contributed by atoms with Crippen molar-refractivity contribution in [3.8, 4) is 0 Å². The number of nitrogens with one attached hydrogen (secondary N) is 2. The molecule has 134 valence electrons. The minimum Gasteiger partial charge on any atom is -0.374 e.